The van der Waals surface area contributed by atoms with Crippen molar-refractivity contribution in [2.75, 3.05) is 6.61 Å². The Labute approximate surface area is 175 Å². The summed E-state index contributed by atoms with van der Waals surface area (Å²) in [7, 11) is -5.08. The van der Waals surface area contributed by atoms with Crippen LogP contribution in [0.25, 0.3) is 0 Å². The monoisotopic (exact) mass is 495 g/mol. The molecule has 1 fully saturated rings. The van der Waals surface area contributed by atoms with Crippen molar-refractivity contribution in [3.8, 4) is 0 Å². The zero-order valence-electron chi connectivity index (χ0n) is 15.4. The summed E-state index contributed by atoms with van der Waals surface area (Å²) in [5.41, 5.74) is -1.80. The molecule has 172 valence electrons. The van der Waals surface area contributed by atoms with E-state index in [4.69, 9.17) is 16.3 Å². The van der Waals surface area contributed by atoms with Gasteiger partial charge in [-0.2, -0.15) is 35.5 Å². The predicted octanol–water partition coefficient (Wildman–Crippen LogP) is 4.24. The Morgan fingerprint density at radius 1 is 1.06 bits per heavy atom. The molecule has 2 atom stereocenters. The van der Waals surface area contributed by atoms with Crippen LogP contribution in [0.5, 0.6) is 0 Å². The molecule has 1 aliphatic rings. The van der Waals surface area contributed by atoms with Crippen LogP contribution in [0.15, 0.2) is 34.2 Å². The third-order valence-electron chi connectivity index (χ3n) is 4.45. The molecule has 0 radical (unpaired) electrons. The minimum Gasteiger partial charge on any atom is -0.353 e. The second-order valence-corrected chi connectivity index (χ2v) is 9.13. The molecule has 0 saturated carbocycles. The Hall–Kier alpha value is -1.93. The van der Waals surface area contributed by atoms with Crippen LogP contribution in [0, 0.1) is 6.92 Å². The van der Waals surface area contributed by atoms with Crippen LogP contribution in [0.4, 0.5) is 30.7 Å². The summed E-state index contributed by atoms with van der Waals surface area (Å²) in [4.78, 5) is -0.478. The van der Waals surface area contributed by atoms with E-state index in [0.717, 1.165) is 12.1 Å². The van der Waals surface area contributed by atoms with E-state index in [2.05, 4.69) is 10.2 Å². The first-order chi connectivity index (χ1) is 14.1. The van der Waals surface area contributed by atoms with Gasteiger partial charge in [0.05, 0.1) is 16.9 Å². The maximum absolute atomic E-state index is 14.5. The summed E-state index contributed by atoms with van der Waals surface area (Å²) in [6.45, 7) is 1.55. The lowest BCUT2D eigenvalue weighted by molar-refractivity contribution is -0.361. The molecular formula is C16H13ClF7N3O3S. The van der Waals surface area contributed by atoms with Crippen molar-refractivity contribution in [2.45, 2.75) is 52.9 Å². The smallest absolute Gasteiger partial charge is 0.353 e. The maximum Gasteiger partial charge on any atom is 0.460 e. The minimum absolute atomic E-state index is 0.0230. The first-order valence-corrected chi connectivity index (χ1v) is 10.4. The number of sulfone groups is 1. The van der Waals surface area contributed by atoms with E-state index < -0.39 is 55.1 Å². The maximum atomic E-state index is 14.5. The fraction of sp³-hybridized carbons (Fsp3) is 0.500. The molecular weight excluding hydrogens is 483 g/mol. The van der Waals surface area contributed by atoms with Gasteiger partial charge < -0.3 is 4.74 Å². The summed E-state index contributed by atoms with van der Waals surface area (Å²) in [5.74, 6) is -12.7. The molecule has 0 amide bonds. The van der Waals surface area contributed by atoms with E-state index >= 15 is 0 Å². The largest absolute Gasteiger partial charge is 0.460 e. The van der Waals surface area contributed by atoms with Crippen molar-refractivity contribution >= 4 is 21.4 Å². The molecule has 0 aliphatic carbocycles. The molecule has 2 heterocycles. The van der Waals surface area contributed by atoms with E-state index in [9.17, 15) is 39.2 Å². The Balaban J connectivity index is 2.25. The lowest BCUT2D eigenvalue weighted by Gasteiger charge is -2.27. The lowest BCUT2D eigenvalue weighted by Crippen LogP contribution is -2.50. The average Bonchev–Trinajstić information content (AvgIpc) is 3.27. The zero-order chi connectivity index (χ0) is 23.4. The molecule has 0 spiro atoms. The van der Waals surface area contributed by atoms with Crippen LogP contribution >= 0.6 is 11.6 Å². The van der Waals surface area contributed by atoms with E-state index in [1.54, 1.807) is 6.92 Å². The van der Waals surface area contributed by atoms with Crippen LogP contribution in [-0.2, 0) is 20.5 Å². The van der Waals surface area contributed by atoms with Crippen LogP contribution < -0.4 is 0 Å². The summed E-state index contributed by atoms with van der Waals surface area (Å²) in [6.07, 6.45) is -8.00. The lowest BCUT2D eigenvalue weighted by atomic mass is 10.1. The molecule has 1 aliphatic heterocycles. The highest BCUT2D eigenvalue weighted by atomic mass is 35.5. The Kier molecular flexibility index (Phi) is 5.81. The Bertz CT molecular complexity index is 1070. The summed E-state index contributed by atoms with van der Waals surface area (Å²) < 4.78 is 125. The third-order valence-corrected chi connectivity index (χ3v) is 6.56. The topological polar surface area (TPSA) is 74.1 Å². The summed E-state index contributed by atoms with van der Waals surface area (Å²) in [5, 5.41) is 3.57. The van der Waals surface area contributed by atoms with Crippen molar-refractivity contribution in [3.05, 3.63) is 35.5 Å². The van der Waals surface area contributed by atoms with Gasteiger partial charge in [0.25, 0.3) is 0 Å². The van der Waals surface area contributed by atoms with Gasteiger partial charge in [0.2, 0.25) is 14.9 Å². The van der Waals surface area contributed by atoms with Gasteiger partial charge in [-0.25, -0.2) is 8.42 Å². The van der Waals surface area contributed by atoms with Gasteiger partial charge in [-0.15, -0.1) is 21.8 Å². The van der Waals surface area contributed by atoms with Gasteiger partial charge in [-0.05, 0) is 25.5 Å². The number of halogens is 8. The highest BCUT2D eigenvalue weighted by molar-refractivity contribution is 7.91. The van der Waals surface area contributed by atoms with Crippen molar-refractivity contribution in [1.82, 2.24) is 15.0 Å². The molecule has 1 aromatic carbocycles. The summed E-state index contributed by atoms with van der Waals surface area (Å²) >= 11 is 5.91. The van der Waals surface area contributed by atoms with Crippen LogP contribution in [-0.4, -0.2) is 47.5 Å². The number of nitrogens with zero attached hydrogens (tertiary/aromatic N) is 3. The van der Waals surface area contributed by atoms with Crippen LogP contribution in [0.3, 0.4) is 0 Å². The number of alkyl halides is 8. The zero-order valence-corrected chi connectivity index (χ0v) is 16.9. The van der Waals surface area contributed by atoms with Crippen LogP contribution in [0.2, 0.25) is 0 Å². The number of aromatic nitrogens is 3. The molecule has 0 N–H and O–H groups in total. The Morgan fingerprint density at radius 2 is 1.65 bits per heavy atom. The molecule has 2 unspecified atom stereocenters. The summed E-state index contributed by atoms with van der Waals surface area (Å²) in [6, 6.07) is 4.47. The van der Waals surface area contributed by atoms with E-state index in [1.165, 1.54) is 12.1 Å². The molecule has 6 nitrogen and oxygen atoms in total. The Morgan fingerprint density at radius 3 is 2.13 bits per heavy atom. The second-order valence-electron chi connectivity index (χ2n) is 6.70. The van der Waals surface area contributed by atoms with Crippen molar-refractivity contribution < 1.29 is 43.9 Å². The van der Waals surface area contributed by atoms with Gasteiger partial charge in [-0.3, -0.25) is 0 Å². The van der Waals surface area contributed by atoms with E-state index in [0.29, 0.717) is 5.56 Å². The van der Waals surface area contributed by atoms with Gasteiger partial charge in [0.1, 0.15) is 0 Å². The van der Waals surface area contributed by atoms with E-state index in [-0.39, 0.29) is 17.8 Å². The van der Waals surface area contributed by atoms with Gasteiger partial charge in [0, 0.05) is 0 Å². The second kappa shape index (κ2) is 7.59. The molecule has 2 aromatic rings. The average molecular weight is 496 g/mol. The van der Waals surface area contributed by atoms with E-state index in [1.807, 2.05) is 0 Å². The van der Waals surface area contributed by atoms with Crippen molar-refractivity contribution in [2.24, 2.45) is 0 Å². The standard InChI is InChI=1S/C16H13ClF7N3O3S/c1-8-2-4-9(5-3-8)31(28,29)12-11(14(18,19)15(20,21)16(22,23)24)25-27(26-12)13-10(17)6-7-30-13/h2-5,10,13H,6-7H2,1H3. The van der Waals surface area contributed by atoms with Crippen LogP contribution in [0.1, 0.15) is 23.9 Å². The molecule has 1 aromatic heterocycles. The van der Waals surface area contributed by atoms with Crippen molar-refractivity contribution in [1.29, 1.82) is 0 Å². The van der Waals surface area contributed by atoms with Gasteiger partial charge in [-0.1, -0.05) is 17.7 Å². The molecule has 3 rings (SSSR count). The number of aryl methyl sites for hydroxylation is 1. The highest BCUT2D eigenvalue weighted by Gasteiger charge is 2.75. The molecule has 0 bridgehead atoms. The van der Waals surface area contributed by atoms with Crippen molar-refractivity contribution in [3.63, 3.8) is 0 Å². The SMILES string of the molecule is Cc1ccc(S(=O)(=O)c2nn(C3OCCC3Cl)nc2C(F)(F)C(F)(F)C(F)(F)F)cc1. The number of ether oxygens (including phenoxy) is 1. The number of hydrogen-bond acceptors (Lipinski definition) is 5. The first kappa shape index (κ1) is 23.7. The highest BCUT2D eigenvalue weighted by Crippen LogP contribution is 2.52. The fourth-order valence-electron chi connectivity index (χ4n) is 2.72. The number of hydrogen-bond donors (Lipinski definition) is 0. The number of benzene rings is 1. The molecule has 1 saturated heterocycles. The number of rotatable bonds is 5. The normalized spacial score (nSPS) is 20.9. The molecule has 31 heavy (non-hydrogen) atoms. The molecule has 15 heteroatoms. The van der Waals surface area contributed by atoms with Gasteiger partial charge in [0.15, 0.2) is 11.9 Å². The predicted molar refractivity (Wildman–Crippen MR) is 90.8 cm³/mol. The quantitative estimate of drug-likeness (QED) is 0.458. The first-order valence-electron chi connectivity index (χ1n) is 8.48. The third kappa shape index (κ3) is 3.89. The fourth-order valence-corrected chi connectivity index (χ4v) is 4.31. The van der Waals surface area contributed by atoms with Gasteiger partial charge >= 0.3 is 18.0 Å². The minimum atomic E-state index is -6.70.